The van der Waals surface area contributed by atoms with Crippen molar-refractivity contribution in [3.63, 3.8) is 0 Å². The van der Waals surface area contributed by atoms with Crippen LogP contribution in [0, 0.1) is 11.5 Å². The fourth-order valence-corrected chi connectivity index (χ4v) is 3.91. The summed E-state index contributed by atoms with van der Waals surface area (Å²) in [6.07, 6.45) is 6.04. The molecule has 2 heterocycles. The summed E-state index contributed by atoms with van der Waals surface area (Å²) >= 11 is 0. The molecule has 0 aromatic heterocycles. The van der Waals surface area contributed by atoms with E-state index in [2.05, 4.69) is 15.6 Å². The number of hydrogen-bond acceptors (Lipinski definition) is 6. The molecule has 0 saturated carbocycles. The van der Waals surface area contributed by atoms with Crippen molar-refractivity contribution in [1.82, 2.24) is 15.1 Å². The molecule has 172 valence electrons. The summed E-state index contributed by atoms with van der Waals surface area (Å²) in [6, 6.07) is 4.50. The first-order valence-corrected chi connectivity index (χ1v) is 10.8. The highest BCUT2D eigenvalue weighted by Gasteiger charge is 2.30. The van der Waals surface area contributed by atoms with Crippen molar-refractivity contribution in [2.24, 2.45) is 4.99 Å². The summed E-state index contributed by atoms with van der Waals surface area (Å²) in [6.45, 7) is 2.12. The minimum absolute atomic E-state index is 0.0162. The number of carbonyl (C=O) groups is 2. The number of nitriles is 1. The molecule has 0 bridgehead atoms. The highest BCUT2D eigenvalue weighted by molar-refractivity contribution is 5.97. The molecular weight excluding hydrogens is 412 g/mol. The van der Waals surface area contributed by atoms with Crippen molar-refractivity contribution >= 4 is 23.5 Å². The minimum Gasteiger partial charge on any atom is -0.497 e. The molecule has 2 aliphatic heterocycles. The molecule has 0 radical (unpaired) electrons. The number of rotatable bonds is 6. The Bertz CT molecular complexity index is 869. The van der Waals surface area contributed by atoms with E-state index in [1.54, 1.807) is 37.3 Å². The van der Waals surface area contributed by atoms with Gasteiger partial charge < -0.3 is 24.6 Å². The lowest BCUT2D eigenvalue weighted by Gasteiger charge is -2.25. The van der Waals surface area contributed by atoms with Gasteiger partial charge in [-0.25, -0.2) is 4.99 Å². The molecule has 10 nitrogen and oxygen atoms in total. The summed E-state index contributed by atoms with van der Waals surface area (Å²) in [4.78, 5) is 33.6. The quantitative estimate of drug-likeness (QED) is 0.297. The maximum atomic E-state index is 13.2. The lowest BCUT2D eigenvalue weighted by Crippen LogP contribution is -2.45. The number of amides is 2. The number of methoxy groups -OCH3 is 2. The van der Waals surface area contributed by atoms with Crippen LogP contribution in [0.25, 0.3) is 0 Å². The Labute approximate surface area is 188 Å². The van der Waals surface area contributed by atoms with Gasteiger partial charge in [-0.2, -0.15) is 5.26 Å². The van der Waals surface area contributed by atoms with Gasteiger partial charge in [-0.1, -0.05) is 0 Å². The van der Waals surface area contributed by atoms with Crippen LogP contribution in [0.4, 0.5) is 5.69 Å². The lowest BCUT2D eigenvalue weighted by atomic mass is 10.1. The zero-order valence-electron chi connectivity index (χ0n) is 18.6. The third-order valence-corrected chi connectivity index (χ3v) is 5.61. The summed E-state index contributed by atoms with van der Waals surface area (Å²) in [5, 5.41) is 14.7. The second-order valence-corrected chi connectivity index (χ2v) is 7.80. The van der Waals surface area contributed by atoms with Gasteiger partial charge >= 0.3 is 0 Å². The molecular formula is C22H30N6O4. The number of carbonyl (C=O) groups excluding carboxylic acids is 2. The van der Waals surface area contributed by atoms with Gasteiger partial charge in [-0.3, -0.25) is 14.9 Å². The second-order valence-electron chi connectivity index (χ2n) is 7.80. The van der Waals surface area contributed by atoms with Gasteiger partial charge in [0.15, 0.2) is 6.19 Å². The van der Waals surface area contributed by atoms with Gasteiger partial charge in [0.05, 0.1) is 20.8 Å². The lowest BCUT2D eigenvalue weighted by molar-refractivity contribution is -0.140. The molecule has 2 fully saturated rings. The fraction of sp³-hybridized carbons (Fsp3) is 0.545. The zero-order valence-corrected chi connectivity index (χ0v) is 18.6. The van der Waals surface area contributed by atoms with Crippen LogP contribution in [-0.2, 0) is 9.59 Å². The number of aliphatic imine (C=N–C) groups is 1. The van der Waals surface area contributed by atoms with Crippen LogP contribution in [0.3, 0.4) is 0 Å². The largest absolute Gasteiger partial charge is 0.497 e. The van der Waals surface area contributed by atoms with Crippen molar-refractivity contribution in [1.29, 1.82) is 5.26 Å². The molecule has 2 aliphatic rings. The molecule has 1 aromatic carbocycles. The number of nitrogens with zero attached hydrogens (tertiary/aromatic N) is 4. The summed E-state index contributed by atoms with van der Waals surface area (Å²) in [5.74, 6) is 1.07. The van der Waals surface area contributed by atoms with Crippen molar-refractivity contribution in [2.75, 3.05) is 45.7 Å². The minimum atomic E-state index is -0.681. The average Bonchev–Trinajstić information content (AvgIpc) is 3.29. The second kappa shape index (κ2) is 11.2. The van der Waals surface area contributed by atoms with E-state index in [0.29, 0.717) is 30.2 Å². The molecule has 1 aromatic rings. The molecule has 1 atom stereocenters. The monoisotopic (exact) mass is 442 g/mol. The van der Waals surface area contributed by atoms with Gasteiger partial charge in [0.1, 0.15) is 17.5 Å². The number of hydrogen-bond donors (Lipinski definition) is 2. The van der Waals surface area contributed by atoms with Crippen LogP contribution < -0.4 is 20.1 Å². The van der Waals surface area contributed by atoms with Crippen LogP contribution in [0.1, 0.15) is 32.1 Å². The zero-order chi connectivity index (χ0) is 22.9. The van der Waals surface area contributed by atoms with Gasteiger partial charge in [0, 0.05) is 43.5 Å². The predicted molar refractivity (Wildman–Crippen MR) is 119 cm³/mol. The van der Waals surface area contributed by atoms with Gasteiger partial charge in [0.2, 0.25) is 17.8 Å². The standard InChI is InChI=1S/C22H30N6O4/c1-31-17-11-16(12-18(13-17)32-2)25-22(24-15-23)26-19-7-3-4-10-28(21(19)30)14-20(29)27-8-5-6-9-27/h11-13,19H,3-10,14H2,1-2H3,(H2,24,25,26). The Kier molecular flexibility index (Phi) is 8.14. The number of benzene rings is 1. The van der Waals surface area contributed by atoms with Gasteiger partial charge in [0.25, 0.3) is 0 Å². The van der Waals surface area contributed by atoms with Gasteiger partial charge in [-0.05, 0) is 32.1 Å². The summed E-state index contributed by atoms with van der Waals surface area (Å²) in [5.41, 5.74) is 0.588. The normalized spacial score (nSPS) is 19.2. The fourth-order valence-electron chi connectivity index (χ4n) is 3.91. The SMILES string of the molecule is COc1cc(NC(=NC2CCCCN(CC(=O)N3CCCC3)C2=O)NC#N)cc(OC)c1. The smallest absolute Gasteiger partial charge is 0.247 e. The van der Waals surface area contributed by atoms with Crippen molar-refractivity contribution in [2.45, 2.75) is 38.1 Å². The number of anilines is 1. The number of nitrogens with one attached hydrogen (secondary N) is 2. The first-order valence-electron chi connectivity index (χ1n) is 10.8. The molecule has 3 rings (SSSR count). The van der Waals surface area contributed by atoms with Crippen LogP contribution in [0.15, 0.2) is 23.2 Å². The van der Waals surface area contributed by atoms with E-state index in [0.717, 1.165) is 38.8 Å². The molecule has 0 aliphatic carbocycles. The Hall–Kier alpha value is -3.48. The maximum absolute atomic E-state index is 13.2. The van der Waals surface area contributed by atoms with Crippen molar-refractivity contribution in [3.05, 3.63) is 18.2 Å². The molecule has 2 amide bonds. The number of ether oxygens (including phenoxy) is 2. The topological polar surface area (TPSA) is 119 Å². The van der Waals surface area contributed by atoms with E-state index in [9.17, 15) is 14.9 Å². The van der Waals surface area contributed by atoms with Crippen molar-refractivity contribution < 1.29 is 19.1 Å². The third kappa shape index (κ3) is 6.03. The highest BCUT2D eigenvalue weighted by atomic mass is 16.5. The number of guanidine groups is 1. The highest BCUT2D eigenvalue weighted by Crippen LogP contribution is 2.26. The molecule has 32 heavy (non-hydrogen) atoms. The first kappa shape index (κ1) is 23.2. The Morgan fingerprint density at radius 2 is 1.78 bits per heavy atom. The van der Waals surface area contributed by atoms with Crippen LogP contribution in [-0.4, -0.2) is 74.0 Å². The van der Waals surface area contributed by atoms with E-state index in [4.69, 9.17) is 9.47 Å². The van der Waals surface area contributed by atoms with E-state index in [-0.39, 0.29) is 24.3 Å². The molecule has 2 N–H and O–H groups in total. The summed E-state index contributed by atoms with van der Waals surface area (Å²) in [7, 11) is 3.09. The average molecular weight is 443 g/mol. The van der Waals surface area contributed by atoms with Crippen molar-refractivity contribution in [3.8, 4) is 17.7 Å². The van der Waals surface area contributed by atoms with E-state index in [1.165, 1.54) is 0 Å². The Morgan fingerprint density at radius 3 is 2.41 bits per heavy atom. The van der Waals surface area contributed by atoms with E-state index in [1.807, 2.05) is 11.1 Å². The predicted octanol–water partition coefficient (Wildman–Crippen LogP) is 1.55. The number of likely N-dealkylation sites (tertiary alicyclic amines) is 2. The Morgan fingerprint density at radius 1 is 1.12 bits per heavy atom. The van der Waals surface area contributed by atoms with Crippen LogP contribution in [0.5, 0.6) is 11.5 Å². The molecule has 10 heteroatoms. The molecule has 0 spiro atoms. The molecule has 2 saturated heterocycles. The van der Waals surface area contributed by atoms with E-state index >= 15 is 0 Å². The molecule has 1 unspecified atom stereocenters. The first-order chi connectivity index (χ1) is 15.5. The Balaban J connectivity index is 1.76. The third-order valence-electron chi connectivity index (χ3n) is 5.61. The summed E-state index contributed by atoms with van der Waals surface area (Å²) < 4.78 is 10.5. The maximum Gasteiger partial charge on any atom is 0.247 e. The van der Waals surface area contributed by atoms with Crippen LogP contribution >= 0.6 is 0 Å². The van der Waals surface area contributed by atoms with Gasteiger partial charge in [-0.15, -0.1) is 0 Å². The van der Waals surface area contributed by atoms with Crippen LogP contribution in [0.2, 0.25) is 0 Å². The van der Waals surface area contributed by atoms with E-state index < -0.39 is 6.04 Å².